The number of hydrogen-bond acceptors (Lipinski definition) is 3. The first kappa shape index (κ1) is 17.7. The number of aromatic nitrogens is 1. The van der Waals surface area contributed by atoms with Gasteiger partial charge in [0.2, 0.25) is 0 Å². The molecular weight excluding hydrogens is 312 g/mol. The number of carbonyl (C=O) groups excluding carboxylic acids is 1. The van der Waals surface area contributed by atoms with Crippen LogP contribution in [0.2, 0.25) is 0 Å². The lowest BCUT2D eigenvalue weighted by atomic mass is 9.96. The predicted molar refractivity (Wildman–Crippen MR) is 100 cm³/mol. The van der Waals surface area contributed by atoms with Gasteiger partial charge in [0.05, 0.1) is 5.92 Å². The van der Waals surface area contributed by atoms with Crippen LogP contribution in [0.5, 0.6) is 0 Å². The van der Waals surface area contributed by atoms with E-state index in [1.54, 1.807) is 0 Å². The second-order valence-electron chi connectivity index (χ2n) is 6.71. The zero-order valence-corrected chi connectivity index (χ0v) is 15.1. The summed E-state index contributed by atoms with van der Waals surface area (Å²) in [6, 6.07) is 12.2. The second-order valence-corrected chi connectivity index (χ2v) is 6.71. The lowest BCUT2D eigenvalue weighted by molar-refractivity contribution is -0.146. The van der Waals surface area contributed by atoms with Crippen molar-refractivity contribution in [2.75, 3.05) is 26.2 Å². The molecule has 1 aliphatic rings. The van der Waals surface area contributed by atoms with Crippen LogP contribution in [-0.2, 0) is 9.53 Å². The minimum atomic E-state index is -0.180. The maximum absolute atomic E-state index is 12.5. The molecule has 3 rings (SSSR count). The Labute approximate surface area is 150 Å². The maximum Gasteiger partial charge on any atom is 0.313 e. The number of likely N-dealkylation sites (tertiary alicyclic amines) is 1. The molecule has 0 N–H and O–H groups in total. The van der Waals surface area contributed by atoms with Gasteiger partial charge in [-0.05, 0) is 62.2 Å². The molecule has 4 nitrogen and oxygen atoms in total. The molecule has 0 bridgehead atoms. The van der Waals surface area contributed by atoms with Crippen molar-refractivity contribution in [3.8, 4) is 5.69 Å². The lowest BCUT2D eigenvalue weighted by Crippen LogP contribution is -2.33. The van der Waals surface area contributed by atoms with Crippen molar-refractivity contribution in [3.05, 3.63) is 54.4 Å². The van der Waals surface area contributed by atoms with E-state index < -0.39 is 0 Å². The van der Waals surface area contributed by atoms with Gasteiger partial charge >= 0.3 is 5.97 Å². The van der Waals surface area contributed by atoms with Gasteiger partial charge in [0.1, 0.15) is 6.61 Å². The number of carbonyl (C=O) groups is 1. The summed E-state index contributed by atoms with van der Waals surface area (Å²) >= 11 is 0. The van der Waals surface area contributed by atoms with Crippen LogP contribution < -0.4 is 0 Å². The van der Waals surface area contributed by atoms with Gasteiger partial charge in [0.25, 0.3) is 0 Å². The summed E-state index contributed by atoms with van der Waals surface area (Å²) in [6.45, 7) is 5.66. The Kier molecular flexibility index (Phi) is 6.29. The number of benzene rings is 1. The highest BCUT2D eigenvalue weighted by atomic mass is 16.5. The van der Waals surface area contributed by atoms with Crippen LogP contribution in [-0.4, -0.2) is 41.7 Å². The summed E-state index contributed by atoms with van der Waals surface area (Å²) in [4.78, 5) is 14.9. The summed E-state index contributed by atoms with van der Waals surface area (Å²) in [6.07, 6.45) is 8.64. The molecular formula is C21H28N2O2. The van der Waals surface area contributed by atoms with E-state index in [1.165, 1.54) is 19.3 Å². The number of esters is 1. The molecule has 25 heavy (non-hydrogen) atoms. The van der Waals surface area contributed by atoms with Crippen molar-refractivity contribution >= 4 is 5.97 Å². The minimum Gasteiger partial charge on any atom is -0.464 e. The smallest absolute Gasteiger partial charge is 0.313 e. The van der Waals surface area contributed by atoms with E-state index in [1.807, 2.05) is 43.6 Å². The van der Waals surface area contributed by atoms with Gasteiger partial charge in [-0.15, -0.1) is 0 Å². The van der Waals surface area contributed by atoms with Crippen molar-refractivity contribution in [1.82, 2.24) is 9.47 Å². The number of piperidine rings is 1. The molecule has 1 atom stereocenters. The third-order valence-electron chi connectivity index (χ3n) is 4.99. The Morgan fingerprint density at radius 2 is 1.76 bits per heavy atom. The fourth-order valence-corrected chi connectivity index (χ4v) is 3.48. The van der Waals surface area contributed by atoms with Crippen molar-refractivity contribution in [1.29, 1.82) is 0 Å². The lowest BCUT2D eigenvalue weighted by Gasteiger charge is -2.26. The maximum atomic E-state index is 12.5. The highest BCUT2D eigenvalue weighted by molar-refractivity contribution is 5.78. The van der Waals surface area contributed by atoms with Crippen molar-refractivity contribution in [2.45, 2.75) is 38.5 Å². The standard InChI is InChI=1S/C21H28N2O2/c1-2-20(21(24)25-17-16-22-12-4-3-5-13-22)18-8-10-19(11-9-18)23-14-6-7-15-23/h6-11,14-15,20H,2-5,12-13,16-17H2,1H3. The summed E-state index contributed by atoms with van der Waals surface area (Å²) in [5.41, 5.74) is 2.13. The van der Waals surface area contributed by atoms with Gasteiger partial charge in [0, 0.05) is 24.6 Å². The number of hydrogen-bond donors (Lipinski definition) is 0. The van der Waals surface area contributed by atoms with Gasteiger partial charge in [-0.2, -0.15) is 0 Å². The second kappa shape index (κ2) is 8.86. The van der Waals surface area contributed by atoms with Gasteiger partial charge in [-0.1, -0.05) is 25.5 Å². The molecule has 1 aromatic heterocycles. The zero-order chi connectivity index (χ0) is 17.5. The Morgan fingerprint density at radius 1 is 1.08 bits per heavy atom. The summed E-state index contributed by atoms with van der Waals surface area (Å²) in [5.74, 6) is -0.284. The van der Waals surface area contributed by atoms with Crippen LogP contribution in [0.1, 0.15) is 44.1 Å². The van der Waals surface area contributed by atoms with Crippen molar-refractivity contribution in [2.24, 2.45) is 0 Å². The van der Waals surface area contributed by atoms with E-state index in [9.17, 15) is 4.79 Å². The first-order chi connectivity index (χ1) is 12.3. The Hall–Kier alpha value is -2.07. The highest BCUT2D eigenvalue weighted by Gasteiger charge is 2.20. The molecule has 0 amide bonds. The van der Waals surface area contributed by atoms with Crippen LogP contribution in [0.4, 0.5) is 0 Å². The average Bonchev–Trinajstić information content (AvgIpc) is 3.18. The Morgan fingerprint density at radius 3 is 2.40 bits per heavy atom. The summed E-state index contributed by atoms with van der Waals surface area (Å²) < 4.78 is 7.63. The van der Waals surface area contributed by atoms with Gasteiger partial charge in [-0.25, -0.2) is 0 Å². The molecule has 134 valence electrons. The summed E-state index contributed by atoms with van der Waals surface area (Å²) in [5, 5.41) is 0. The van der Waals surface area contributed by atoms with E-state index in [2.05, 4.69) is 21.6 Å². The summed E-state index contributed by atoms with van der Waals surface area (Å²) in [7, 11) is 0. The topological polar surface area (TPSA) is 34.5 Å². The third kappa shape index (κ3) is 4.73. The monoisotopic (exact) mass is 340 g/mol. The van der Waals surface area contributed by atoms with Gasteiger partial charge in [0.15, 0.2) is 0 Å². The molecule has 1 saturated heterocycles. The number of ether oxygens (including phenoxy) is 1. The SMILES string of the molecule is CCC(C(=O)OCCN1CCCCC1)c1ccc(-n2cccc2)cc1. The zero-order valence-electron chi connectivity index (χ0n) is 15.1. The predicted octanol–water partition coefficient (Wildman–Crippen LogP) is 4.00. The van der Waals surface area contributed by atoms with E-state index in [0.717, 1.165) is 37.3 Å². The van der Waals surface area contributed by atoms with Crippen LogP contribution in [0.15, 0.2) is 48.8 Å². The molecule has 0 radical (unpaired) electrons. The first-order valence-electron chi connectivity index (χ1n) is 9.40. The first-order valence-corrected chi connectivity index (χ1v) is 9.40. The van der Waals surface area contributed by atoms with Crippen molar-refractivity contribution < 1.29 is 9.53 Å². The number of nitrogens with zero attached hydrogens (tertiary/aromatic N) is 2. The van der Waals surface area contributed by atoms with Gasteiger partial charge < -0.3 is 9.30 Å². The molecule has 1 aromatic carbocycles. The van der Waals surface area contributed by atoms with Crippen LogP contribution in [0.3, 0.4) is 0 Å². The quantitative estimate of drug-likeness (QED) is 0.715. The van der Waals surface area contributed by atoms with Gasteiger partial charge in [-0.3, -0.25) is 9.69 Å². The normalized spacial score (nSPS) is 16.5. The molecule has 4 heteroatoms. The molecule has 1 unspecified atom stereocenters. The van der Waals surface area contributed by atoms with Crippen LogP contribution >= 0.6 is 0 Å². The van der Waals surface area contributed by atoms with Crippen molar-refractivity contribution in [3.63, 3.8) is 0 Å². The van der Waals surface area contributed by atoms with E-state index in [-0.39, 0.29) is 11.9 Å². The molecule has 0 saturated carbocycles. The van der Waals surface area contributed by atoms with Crippen LogP contribution in [0.25, 0.3) is 5.69 Å². The van der Waals surface area contributed by atoms with E-state index in [4.69, 9.17) is 4.74 Å². The molecule has 2 heterocycles. The van der Waals surface area contributed by atoms with Crippen LogP contribution in [0, 0.1) is 0 Å². The molecule has 1 fully saturated rings. The Bertz CT molecular complexity index is 643. The average molecular weight is 340 g/mol. The highest BCUT2D eigenvalue weighted by Crippen LogP contribution is 2.23. The van der Waals surface area contributed by atoms with E-state index >= 15 is 0 Å². The Balaban J connectivity index is 1.54. The molecule has 0 spiro atoms. The number of rotatable bonds is 7. The van der Waals surface area contributed by atoms with E-state index in [0.29, 0.717) is 6.61 Å². The minimum absolute atomic E-state index is 0.103. The molecule has 2 aromatic rings. The largest absolute Gasteiger partial charge is 0.464 e. The fourth-order valence-electron chi connectivity index (χ4n) is 3.48. The molecule has 0 aliphatic carbocycles. The fraction of sp³-hybridized carbons (Fsp3) is 0.476. The third-order valence-corrected chi connectivity index (χ3v) is 4.99. The molecule has 1 aliphatic heterocycles.